The first-order valence-electron chi connectivity index (χ1n) is 9.29. The summed E-state index contributed by atoms with van der Waals surface area (Å²) >= 11 is 0. The number of aromatic nitrogens is 4. The predicted octanol–water partition coefficient (Wildman–Crippen LogP) is 4.03. The number of hydrogen-bond donors (Lipinski definition) is 2. The van der Waals surface area contributed by atoms with Crippen LogP contribution in [0.1, 0.15) is 31.7 Å². The van der Waals surface area contributed by atoms with E-state index in [4.69, 9.17) is 5.11 Å². The van der Waals surface area contributed by atoms with Crippen LogP contribution < -0.4 is 5.32 Å². The summed E-state index contributed by atoms with van der Waals surface area (Å²) in [5.74, 6) is 0.245. The van der Waals surface area contributed by atoms with Crippen molar-refractivity contribution in [3.63, 3.8) is 0 Å². The van der Waals surface area contributed by atoms with Crippen LogP contribution in [0.2, 0.25) is 0 Å². The van der Waals surface area contributed by atoms with Gasteiger partial charge in [-0.25, -0.2) is 14.5 Å². The van der Waals surface area contributed by atoms with E-state index < -0.39 is 5.97 Å². The van der Waals surface area contributed by atoms with Gasteiger partial charge in [0, 0.05) is 36.8 Å². The number of benzene rings is 1. The molecule has 7 heteroatoms. The Labute approximate surface area is 163 Å². The van der Waals surface area contributed by atoms with Crippen LogP contribution in [0.3, 0.4) is 0 Å². The number of unbranched alkanes of at least 4 members (excludes halogenated alkanes) is 2. The standard InChI is InChI=1S/C21H23N5O2/c1-2-3-4-11-22-21-23-15-18(20(25-21)26-13-6-12-24-26)17-8-5-7-16(14-17)9-10-19(27)28/h5-10,12-15H,2-4,11H2,1H3,(H,27,28)(H,22,23,25). The number of nitrogens with one attached hydrogen (secondary N) is 1. The molecule has 144 valence electrons. The third kappa shape index (κ3) is 5.03. The van der Waals surface area contributed by atoms with Gasteiger partial charge < -0.3 is 10.4 Å². The highest BCUT2D eigenvalue weighted by molar-refractivity contribution is 5.85. The van der Waals surface area contributed by atoms with Crippen molar-refractivity contribution in [1.82, 2.24) is 19.7 Å². The Bertz CT molecular complexity index is 951. The van der Waals surface area contributed by atoms with E-state index >= 15 is 0 Å². The highest BCUT2D eigenvalue weighted by atomic mass is 16.4. The number of carbonyl (C=O) groups is 1. The fraction of sp³-hybridized carbons (Fsp3) is 0.238. The highest BCUT2D eigenvalue weighted by Crippen LogP contribution is 2.26. The lowest BCUT2D eigenvalue weighted by atomic mass is 10.0. The Kier molecular flexibility index (Phi) is 6.51. The van der Waals surface area contributed by atoms with Crippen molar-refractivity contribution >= 4 is 18.0 Å². The Morgan fingerprint density at radius 3 is 2.93 bits per heavy atom. The number of rotatable bonds is 9. The maximum absolute atomic E-state index is 10.8. The summed E-state index contributed by atoms with van der Waals surface area (Å²) in [7, 11) is 0. The van der Waals surface area contributed by atoms with Gasteiger partial charge in [0.25, 0.3) is 0 Å². The molecule has 2 N–H and O–H groups in total. The molecule has 3 aromatic rings. The third-order valence-electron chi connectivity index (χ3n) is 4.17. The number of carboxylic acid groups (broad SMARTS) is 1. The van der Waals surface area contributed by atoms with Crippen LogP contribution in [0.5, 0.6) is 0 Å². The molecule has 0 saturated heterocycles. The Morgan fingerprint density at radius 2 is 2.18 bits per heavy atom. The van der Waals surface area contributed by atoms with Crippen molar-refractivity contribution in [3.05, 3.63) is 60.6 Å². The van der Waals surface area contributed by atoms with E-state index in [1.807, 2.05) is 36.5 Å². The smallest absolute Gasteiger partial charge is 0.328 e. The maximum atomic E-state index is 10.8. The Hall–Kier alpha value is -3.48. The van der Waals surface area contributed by atoms with Gasteiger partial charge in [-0.2, -0.15) is 10.1 Å². The average Bonchev–Trinajstić information content (AvgIpc) is 3.24. The summed E-state index contributed by atoms with van der Waals surface area (Å²) in [6.45, 7) is 2.99. The van der Waals surface area contributed by atoms with E-state index in [9.17, 15) is 4.79 Å². The lowest BCUT2D eigenvalue weighted by molar-refractivity contribution is -0.131. The summed E-state index contributed by atoms with van der Waals surface area (Å²) in [6, 6.07) is 9.41. The second kappa shape index (κ2) is 9.45. The molecule has 0 aliphatic rings. The number of anilines is 1. The molecule has 2 heterocycles. The van der Waals surface area contributed by atoms with Crippen LogP contribution in [-0.4, -0.2) is 37.4 Å². The Morgan fingerprint density at radius 1 is 1.29 bits per heavy atom. The summed E-state index contributed by atoms with van der Waals surface area (Å²) < 4.78 is 1.70. The minimum Gasteiger partial charge on any atom is -0.478 e. The van der Waals surface area contributed by atoms with Gasteiger partial charge in [-0.05, 0) is 35.8 Å². The molecule has 2 aromatic heterocycles. The zero-order chi connectivity index (χ0) is 19.8. The quantitative estimate of drug-likeness (QED) is 0.432. The van der Waals surface area contributed by atoms with Crippen molar-refractivity contribution in [2.75, 3.05) is 11.9 Å². The second-order valence-corrected chi connectivity index (χ2v) is 6.31. The molecule has 0 saturated carbocycles. The minimum absolute atomic E-state index is 0.562. The molecule has 0 aliphatic carbocycles. The summed E-state index contributed by atoms with van der Waals surface area (Å²) in [5, 5.41) is 16.4. The van der Waals surface area contributed by atoms with Crippen LogP contribution in [0.15, 0.2) is 55.0 Å². The van der Waals surface area contributed by atoms with Crippen LogP contribution >= 0.6 is 0 Å². The first kappa shape index (κ1) is 19.3. The molecule has 7 nitrogen and oxygen atoms in total. The number of carboxylic acids is 1. The van der Waals surface area contributed by atoms with E-state index in [0.29, 0.717) is 11.8 Å². The Balaban J connectivity index is 1.94. The zero-order valence-corrected chi connectivity index (χ0v) is 15.7. The lowest BCUT2D eigenvalue weighted by Crippen LogP contribution is -2.09. The molecule has 0 unspecified atom stereocenters. The monoisotopic (exact) mass is 377 g/mol. The van der Waals surface area contributed by atoms with Gasteiger partial charge in [0.1, 0.15) is 0 Å². The molecule has 1 aromatic carbocycles. The average molecular weight is 377 g/mol. The van der Waals surface area contributed by atoms with Gasteiger partial charge in [-0.1, -0.05) is 38.0 Å². The fourth-order valence-electron chi connectivity index (χ4n) is 2.78. The van der Waals surface area contributed by atoms with Gasteiger partial charge in [0.05, 0.1) is 0 Å². The fourth-order valence-corrected chi connectivity index (χ4v) is 2.78. The van der Waals surface area contributed by atoms with Crippen molar-refractivity contribution in [3.8, 4) is 16.9 Å². The van der Waals surface area contributed by atoms with Crippen LogP contribution in [0, 0.1) is 0 Å². The van der Waals surface area contributed by atoms with E-state index in [1.54, 1.807) is 23.2 Å². The molecule has 0 atom stereocenters. The number of hydrogen-bond acceptors (Lipinski definition) is 5. The largest absolute Gasteiger partial charge is 0.478 e. The van der Waals surface area contributed by atoms with E-state index in [-0.39, 0.29) is 0 Å². The van der Waals surface area contributed by atoms with Crippen molar-refractivity contribution in [1.29, 1.82) is 0 Å². The van der Waals surface area contributed by atoms with E-state index in [2.05, 4.69) is 27.3 Å². The zero-order valence-electron chi connectivity index (χ0n) is 15.7. The summed E-state index contributed by atoms with van der Waals surface area (Å²) in [6.07, 6.45) is 11.4. The van der Waals surface area contributed by atoms with Crippen molar-refractivity contribution < 1.29 is 9.90 Å². The molecular formula is C21H23N5O2. The van der Waals surface area contributed by atoms with Crippen molar-refractivity contribution in [2.45, 2.75) is 26.2 Å². The van der Waals surface area contributed by atoms with E-state index in [1.165, 1.54) is 0 Å². The number of aliphatic carboxylic acids is 1. The molecular weight excluding hydrogens is 354 g/mol. The predicted molar refractivity (Wildman–Crippen MR) is 109 cm³/mol. The second-order valence-electron chi connectivity index (χ2n) is 6.31. The van der Waals surface area contributed by atoms with Gasteiger partial charge in [0.15, 0.2) is 5.82 Å². The molecule has 0 amide bonds. The third-order valence-corrected chi connectivity index (χ3v) is 4.17. The summed E-state index contributed by atoms with van der Waals surface area (Å²) in [4.78, 5) is 19.9. The lowest BCUT2D eigenvalue weighted by Gasteiger charge is -2.12. The van der Waals surface area contributed by atoms with Gasteiger partial charge in [-0.15, -0.1) is 0 Å². The first-order valence-corrected chi connectivity index (χ1v) is 9.29. The normalized spacial score (nSPS) is 11.0. The SMILES string of the molecule is CCCCCNc1ncc(-c2cccc(C=CC(=O)O)c2)c(-n2cccn2)n1. The molecule has 0 fully saturated rings. The molecule has 3 rings (SSSR count). The van der Waals surface area contributed by atoms with Crippen LogP contribution in [0.25, 0.3) is 23.0 Å². The van der Waals surface area contributed by atoms with Crippen molar-refractivity contribution in [2.24, 2.45) is 0 Å². The topological polar surface area (TPSA) is 92.9 Å². The molecule has 0 bridgehead atoms. The van der Waals surface area contributed by atoms with Gasteiger partial charge >= 0.3 is 5.97 Å². The molecule has 0 spiro atoms. The molecule has 0 radical (unpaired) electrons. The van der Waals surface area contributed by atoms with Gasteiger partial charge in [0.2, 0.25) is 5.95 Å². The van der Waals surface area contributed by atoms with Crippen LogP contribution in [0.4, 0.5) is 5.95 Å². The molecule has 28 heavy (non-hydrogen) atoms. The van der Waals surface area contributed by atoms with E-state index in [0.717, 1.165) is 48.6 Å². The first-order chi connectivity index (χ1) is 13.7. The summed E-state index contributed by atoms with van der Waals surface area (Å²) in [5.41, 5.74) is 2.48. The molecule has 0 aliphatic heterocycles. The van der Waals surface area contributed by atoms with Gasteiger partial charge in [-0.3, -0.25) is 0 Å². The maximum Gasteiger partial charge on any atom is 0.328 e. The van der Waals surface area contributed by atoms with Crippen LogP contribution in [-0.2, 0) is 4.79 Å². The minimum atomic E-state index is -0.982. The highest BCUT2D eigenvalue weighted by Gasteiger charge is 2.12. The number of nitrogens with zero attached hydrogens (tertiary/aromatic N) is 4.